The fraction of sp³-hybridized carbons (Fsp3) is 0.429. The standard InChI is InChI=1S/C14H18N2O3/c1-4-10-7-5-6-9(2)12(10)15-13(17)11-8-19-14(18)16(11)3/h5-7,11H,4,8H2,1-3H3,(H,15,17). The molecule has 2 amide bonds. The second-order valence-corrected chi connectivity index (χ2v) is 4.66. The maximum Gasteiger partial charge on any atom is 0.410 e. The number of nitrogens with one attached hydrogen (secondary N) is 1. The molecular weight excluding hydrogens is 244 g/mol. The summed E-state index contributed by atoms with van der Waals surface area (Å²) >= 11 is 0. The monoisotopic (exact) mass is 262 g/mol. The van der Waals surface area contributed by atoms with E-state index in [0.717, 1.165) is 23.2 Å². The number of rotatable bonds is 3. The molecule has 1 saturated heterocycles. The van der Waals surface area contributed by atoms with Crippen LogP contribution < -0.4 is 5.32 Å². The molecule has 0 bridgehead atoms. The summed E-state index contributed by atoms with van der Waals surface area (Å²) in [7, 11) is 1.57. The average molecular weight is 262 g/mol. The van der Waals surface area contributed by atoms with E-state index >= 15 is 0 Å². The molecule has 0 saturated carbocycles. The lowest BCUT2D eigenvalue weighted by atomic mass is 10.1. The molecule has 1 fully saturated rings. The molecule has 0 aliphatic carbocycles. The summed E-state index contributed by atoms with van der Waals surface area (Å²) in [4.78, 5) is 24.8. The van der Waals surface area contributed by atoms with Crippen LogP contribution in [0.1, 0.15) is 18.1 Å². The largest absolute Gasteiger partial charge is 0.447 e. The van der Waals surface area contributed by atoms with E-state index in [-0.39, 0.29) is 12.5 Å². The lowest BCUT2D eigenvalue weighted by Crippen LogP contribution is -2.40. The van der Waals surface area contributed by atoms with Gasteiger partial charge in [-0.3, -0.25) is 9.69 Å². The van der Waals surface area contributed by atoms with E-state index in [4.69, 9.17) is 4.74 Å². The highest BCUT2D eigenvalue weighted by Crippen LogP contribution is 2.22. The Balaban J connectivity index is 2.18. The molecule has 102 valence electrons. The lowest BCUT2D eigenvalue weighted by molar-refractivity contribution is -0.119. The van der Waals surface area contributed by atoms with Gasteiger partial charge in [0.1, 0.15) is 12.6 Å². The molecule has 1 aliphatic heterocycles. The van der Waals surface area contributed by atoms with Crippen molar-refractivity contribution in [2.75, 3.05) is 19.0 Å². The molecule has 5 heteroatoms. The van der Waals surface area contributed by atoms with Crippen LogP contribution in [0.5, 0.6) is 0 Å². The molecule has 1 heterocycles. The van der Waals surface area contributed by atoms with Crippen LogP contribution in [0.3, 0.4) is 0 Å². The zero-order valence-electron chi connectivity index (χ0n) is 11.4. The molecule has 0 spiro atoms. The maximum absolute atomic E-state index is 12.2. The van der Waals surface area contributed by atoms with Gasteiger partial charge in [-0.05, 0) is 24.5 Å². The summed E-state index contributed by atoms with van der Waals surface area (Å²) in [6, 6.07) is 5.35. The highest BCUT2D eigenvalue weighted by atomic mass is 16.6. The van der Waals surface area contributed by atoms with Gasteiger partial charge in [-0.2, -0.15) is 0 Å². The molecule has 1 aromatic rings. The minimum absolute atomic E-state index is 0.106. The third-order valence-electron chi connectivity index (χ3n) is 3.41. The van der Waals surface area contributed by atoms with Crippen molar-refractivity contribution in [3.63, 3.8) is 0 Å². The van der Waals surface area contributed by atoms with Gasteiger partial charge in [-0.15, -0.1) is 0 Å². The Morgan fingerprint density at radius 1 is 1.53 bits per heavy atom. The first kappa shape index (κ1) is 13.4. The minimum atomic E-state index is -0.559. The zero-order valence-corrected chi connectivity index (χ0v) is 11.4. The van der Waals surface area contributed by atoms with Crippen molar-refractivity contribution in [2.45, 2.75) is 26.3 Å². The summed E-state index contributed by atoms with van der Waals surface area (Å²) < 4.78 is 4.85. The molecular formula is C14H18N2O3. The number of anilines is 1. The average Bonchev–Trinajstić information content (AvgIpc) is 2.72. The number of nitrogens with zero attached hydrogens (tertiary/aromatic N) is 1. The molecule has 1 aromatic carbocycles. The number of para-hydroxylation sites is 1. The Labute approximate surface area is 112 Å². The zero-order chi connectivity index (χ0) is 14.0. The molecule has 19 heavy (non-hydrogen) atoms. The summed E-state index contributed by atoms with van der Waals surface area (Å²) in [5.41, 5.74) is 2.93. The first-order valence-corrected chi connectivity index (χ1v) is 6.33. The third-order valence-corrected chi connectivity index (χ3v) is 3.41. The molecule has 1 unspecified atom stereocenters. The van der Waals surface area contributed by atoms with Crippen LogP contribution in [0.2, 0.25) is 0 Å². The van der Waals surface area contributed by atoms with Gasteiger partial charge >= 0.3 is 6.09 Å². The number of ether oxygens (including phenoxy) is 1. The van der Waals surface area contributed by atoms with Gasteiger partial charge in [0, 0.05) is 12.7 Å². The Hall–Kier alpha value is -2.04. The SMILES string of the molecule is CCc1cccc(C)c1NC(=O)C1COC(=O)N1C. The fourth-order valence-electron chi connectivity index (χ4n) is 2.15. The third kappa shape index (κ3) is 2.54. The Kier molecular flexibility index (Phi) is 3.74. The van der Waals surface area contributed by atoms with Crippen LogP contribution in [0, 0.1) is 6.92 Å². The van der Waals surface area contributed by atoms with Crippen molar-refractivity contribution in [3.05, 3.63) is 29.3 Å². The van der Waals surface area contributed by atoms with E-state index < -0.39 is 12.1 Å². The van der Waals surface area contributed by atoms with Crippen LogP contribution in [-0.2, 0) is 16.0 Å². The van der Waals surface area contributed by atoms with Crippen LogP contribution in [0.15, 0.2) is 18.2 Å². The molecule has 1 aliphatic rings. The molecule has 0 aromatic heterocycles. The Bertz CT molecular complexity index is 513. The Morgan fingerprint density at radius 3 is 2.84 bits per heavy atom. The number of cyclic esters (lactones) is 1. The normalized spacial score (nSPS) is 18.4. The summed E-state index contributed by atoms with van der Waals surface area (Å²) in [5, 5.41) is 2.91. The molecule has 1 N–H and O–H groups in total. The number of benzene rings is 1. The highest BCUT2D eigenvalue weighted by molar-refractivity contribution is 5.98. The second kappa shape index (κ2) is 5.30. The lowest BCUT2D eigenvalue weighted by Gasteiger charge is -2.18. The summed E-state index contributed by atoms with van der Waals surface area (Å²) in [6.07, 6.45) is 0.383. The van der Waals surface area contributed by atoms with E-state index in [9.17, 15) is 9.59 Å². The van der Waals surface area contributed by atoms with Crippen molar-refractivity contribution >= 4 is 17.7 Å². The molecule has 0 radical (unpaired) electrons. The smallest absolute Gasteiger partial charge is 0.410 e. The van der Waals surface area contributed by atoms with Crippen molar-refractivity contribution in [1.29, 1.82) is 0 Å². The van der Waals surface area contributed by atoms with E-state index in [0.29, 0.717) is 0 Å². The van der Waals surface area contributed by atoms with Gasteiger partial charge in [0.05, 0.1) is 0 Å². The first-order chi connectivity index (χ1) is 9.04. The quantitative estimate of drug-likeness (QED) is 0.905. The maximum atomic E-state index is 12.2. The number of carbonyl (C=O) groups is 2. The number of amides is 2. The number of carbonyl (C=O) groups excluding carboxylic acids is 2. The predicted octanol–water partition coefficient (Wildman–Crippen LogP) is 1.95. The minimum Gasteiger partial charge on any atom is -0.447 e. The first-order valence-electron chi connectivity index (χ1n) is 6.33. The topological polar surface area (TPSA) is 58.6 Å². The highest BCUT2D eigenvalue weighted by Gasteiger charge is 2.35. The van der Waals surface area contributed by atoms with Crippen LogP contribution in [0.25, 0.3) is 0 Å². The fourth-order valence-corrected chi connectivity index (χ4v) is 2.15. The van der Waals surface area contributed by atoms with Crippen molar-refractivity contribution in [1.82, 2.24) is 4.90 Å². The van der Waals surface area contributed by atoms with Crippen molar-refractivity contribution in [2.24, 2.45) is 0 Å². The van der Waals surface area contributed by atoms with Gasteiger partial charge in [0.25, 0.3) is 5.91 Å². The van der Waals surface area contributed by atoms with E-state index in [1.165, 1.54) is 4.90 Å². The van der Waals surface area contributed by atoms with E-state index in [1.54, 1.807) is 7.05 Å². The van der Waals surface area contributed by atoms with Gasteiger partial charge in [-0.1, -0.05) is 25.1 Å². The van der Waals surface area contributed by atoms with Gasteiger partial charge < -0.3 is 10.1 Å². The Morgan fingerprint density at radius 2 is 2.26 bits per heavy atom. The number of hydrogen-bond acceptors (Lipinski definition) is 3. The van der Waals surface area contributed by atoms with Crippen LogP contribution >= 0.6 is 0 Å². The van der Waals surface area contributed by atoms with Gasteiger partial charge in [0.15, 0.2) is 0 Å². The predicted molar refractivity (Wildman–Crippen MR) is 72.1 cm³/mol. The second-order valence-electron chi connectivity index (χ2n) is 4.66. The summed E-state index contributed by atoms with van der Waals surface area (Å²) in [5.74, 6) is -0.211. The van der Waals surface area contributed by atoms with Gasteiger partial charge in [0.2, 0.25) is 0 Å². The van der Waals surface area contributed by atoms with Crippen molar-refractivity contribution < 1.29 is 14.3 Å². The van der Waals surface area contributed by atoms with E-state index in [2.05, 4.69) is 5.32 Å². The van der Waals surface area contributed by atoms with E-state index in [1.807, 2.05) is 32.0 Å². The molecule has 1 atom stereocenters. The van der Waals surface area contributed by atoms with Crippen LogP contribution in [0.4, 0.5) is 10.5 Å². The molecule has 2 rings (SSSR count). The van der Waals surface area contributed by atoms with Gasteiger partial charge in [-0.25, -0.2) is 4.79 Å². The number of aryl methyl sites for hydroxylation is 2. The summed E-state index contributed by atoms with van der Waals surface area (Å²) in [6.45, 7) is 4.10. The molecule has 5 nitrogen and oxygen atoms in total. The number of hydrogen-bond donors (Lipinski definition) is 1. The van der Waals surface area contributed by atoms with Crippen molar-refractivity contribution in [3.8, 4) is 0 Å². The number of likely N-dealkylation sites (N-methyl/N-ethyl adjacent to an activating group) is 1. The van der Waals surface area contributed by atoms with Crippen LogP contribution in [-0.4, -0.2) is 36.6 Å².